The summed E-state index contributed by atoms with van der Waals surface area (Å²) in [5.74, 6) is 0.387. The summed E-state index contributed by atoms with van der Waals surface area (Å²) >= 11 is 1.75. The number of morpholine rings is 1. The van der Waals surface area contributed by atoms with Crippen molar-refractivity contribution in [1.29, 1.82) is 0 Å². The molecule has 2 aromatic heterocycles. The minimum absolute atomic E-state index is 0.350. The topological polar surface area (TPSA) is 50.3 Å². The molecule has 0 unspecified atom stereocenters. The van der Waals surface area contributed by atoms with Gasteiger partial charge in [-0.1, -0.05) is 6.07 Å². The molecule has 0 radical (unpaired) electrons. The van der Waals surface area contributed by atoms with Gasteiger partial charge in [0.15, 0.2) is 0 Å². The van der Waals surface area contributed by atoms with E-state index in [9.17, 15) is 8.78 Å². The first kappa shape index (κ1) is 19.8. The summed E-state index contributed by atoms with van der Waals surface area (Å²) < 4.78 is 33.1. The summed E-state index contributed by atoms with van der Waals surface area (Å²) in [7, 11) is 0. The molecule has 1 saturated heterocycles. The van der Waals surface area contributed by atoms with Crippen LogP contribution in [0.3, 0.4) is 0 Å². The van der Waals surface area contributed by atoms with Crippen molar-refractivity contribution in [3.8, 4) is 0 Å². The molecule has 30 heavy (non-hydrogen) atoms. The maximum Gasteiger partial charge on any atom is 0.146 e. The van der Waals surface area contributed by atoms with Crippen molar-refractivity contribution in [2.24, 2.45) is 0 Å². The van der Waals surface area contributed by atoms with Crippen LogP contribution in [0.4, 0.5) is 14.6 Å². The molecular formula is C22H24F2N4OS. The van der Waals surface area contributed by atoms with Crippen LogP contribution in [0.5, 0.6) is 0 Å². The zero-order chi connectivity index (χ0) is 20.7. The normalized spacial score (nSPS) is 18.0. The van der Waals surface area contributed by atoms with E-state index in [1.807, 2.05) is 6.92 Å². The second-order valence-corrected chi connectivity index (χ2v) is 9.03. The number of hydrogen-bond acceptors (Lipinski definition) is 6. The average Bonchev–Trinajstić information content (AvgIpc) is 3.29. The van der Waals surface area contributed by atoms with Gasteiger partial charge in [0.1, 0.15) is 28.1 Å². The lowest BCUT2D eigenvalue weighted by atomic mass is 10.1. The van der Waals surface area contributed by atoms with E-state index < -0.39 is 11.6 Å². The van der Waals surface area contributed by atoms with E-state index in [4.69, 9.17) is 14.7 Å². The number of aryl methyl sites for hydroxylation is 2. The second-order valence-electron chi connectivity index (χ2n) is 7.95. The SMILES string of the molecule is C[C@@H](Nc1nc(CN2CCOCC2)nc2sc3c(c12)CCC3)c1ccc(F)cc1F. The van der Waals surface area contributed by atoms with Gasteiger partial charge in [0, 0.05) is 29.6 Å². The molecule has 1 fully saturated rings. The Balaban J connectivity index is 1.51. The maximum absolute atomic E-state index is 14.3. The van der Waals surface area contributed by atoms with Gasteiger partial charge in [-0.3, -0.25) is 4.90 Å². The van der Waals surface area contributed by atoms with Crippen LogP contribution in [0, 0.1) is 11.6 Å². The molecule has 8 heteroatoms. The van der Waals surface area contributed by atoms with E-state index in [-0.39, 0.29) is 6.04 Å². The third-order valence-corrected chi connectivity index (χ3v) is 7.05. The van der Waals surface area contributed by atoms with Crippen molar-refractivity contribution in [3.63, 3.8) is 0 Å². The number of benzene rings is 1. The fraction of sp³-hybridized carbons (Fsp3) is 0.455. The van der Waals surface area contributed by atoms with Crippen molar-refractivity contribution in [2.45, 2.75) is 38.8 Å². The Morgan fingerprint density at radius 2 is 2.03 bits per heavy atom. The number of nitrogens with zero attached hydrogens (tertiary/aromatic N) is 3. The van der Waals surface area contributed by atoms with Gasteiger partial charge < -0.3 is 10.1 Å². The van der Waals surface area contributed by atoms with Gasteiger partial charge in [-0.2, -0.15) is 0 Å². The van der Waals surface area contributed by atoms with Gasteiger partial charge in [0.25, 0.3) is 0 Å². The Bertz CT molecular complexity index is 1080. The molecular weight excluding hydrogens is 406 g/mol. The molecule has 0 amide bonds. The van der Waals surface area contributed by atoms with Crippen LogP contribution in [-0.2, 0) is 24.1 Å². The molecule has 0 saturated carbocycles. The van der Waals surface area contributed by atoms with Crippen LogP contribution >= 0.6 is 11.3 Å². The first-order valence-electron chi connectivity index (χ1n) is 10.4. The lowest BCUT2D eigenvalue weighted by molar-refractivity contribution is 0.0331. The highest BCUT2D eigenvalue weighted by Crippen LogP contribution is 2.40. The standard InChI is InChI=1S/C22H24F2N4OS/c1-13(15-6-5-14(23)11-17(15)24)25-21-20-16-3-2-4-18(16)30-22(20)27-19(26-21)12-28-7-9-29-10-8-28/h5-6,11,13H,2-4,7-10,12H2,1H3,(H,25,26,27)/t13-/m1/s1. The molecule has 1 aliphatic carbocycles. The molecule has 1 atom stereocenters. The van der Waals surface area contributed by atoms with Crippen molar-refractivity contribution >= 4 is 27.4 Å². The van der Waals surface area contributed by atoms with E-state index >= 15 is 0 Å². The van der Waals surface area contributed by atoms with E-state index in [1.54, 1.807) is 11.3 Å². The Kier molecular flexibility index (Phi) is 5.39. The maximum atomic E-state index is 14.3. The predicted octanol–water partition coefficient (Wildman–Crippen LogP) is 4.46. The first-order chi connectivity index (χ1) is 14.6. The van der Waals surface area contributed by atoms with Gasteiger partial charge in [0.2, 0.25) is 0 Å². The van der Waals surface area contributed by atoms with Crippen LogP contribution in [0.2, 0.25) is 0 Å². The Morgan fingerprint density at radius 1 is 1.20 bits per heavy atom. The van der Waals surface area contributed by atoms with Crippen LogP contribution in [-0.4, -0.2) is 41.2 Å². The van der Waals surface area contributed by atoms with Gasteiger partial charge >= 0.3 is 0 Å². The second kappa shape index (κ2) is 8.17. The lowest BCUT2D eigenvalue weighted by Crippen LogP contribution is -2.36. The molecule has 2 aliphatic rings. The zero-order valence-corrected chi connectivity index (χ0v) is 17.7. The number of thiophene rings is 1. The summed E-state index contributed by atoms with van der Waals surface area (Å²) in [6, 6.07) is 3.36. The minimum Gasteiger partial charge on any atom is -0.379 e. The average molecular weight is 431 g/mol. The molecule has 1 aromatic carbocycles. The molecule has 3 heterocycles. The van der Waals surface area contributed by atoms with Crippen LogP contribution < -0.4 is 5.32 Å². The number of nitrogens with one attached hydrogen (secondary N) is 1. The number of halogens is 2. The fourth-order valence-corrected chi connectivity index (χ4v) is 5.59. The predicted molar refractivity (Wildman–Crippen MR) is 114 cm³/mol. The van der Waals surface area contributed by atoms with Crippen LogP contribution in [0.25, 0.3) is 10.2 Å². The van der Waals surface area contributed by atoms with E-state index in [0.29, 0.717) is 12.1 Å². The van der Waals surface area contributed by atoms with Gasteiger partial charge in [-0.25, -0.2) is 18.7 Å². The van der Waals surface area contributed by atoms with Crippen molar-refractivity contribution in [3.05, 3.63) is 51.7 Å². The summed E-state index contributed by atoms with van der Waals surface area (Å²) in [5.41, 5.74) is 1.74. The number of hydrogen-bond donors (Lipinski definition) is 1. The smallest absolute Gasteiger partial charge is 0.146 e. The number of anilines is 1. The molecule has 3 aromatic rings. The quantitative estimate of drug-likeness (QED) is 0.648. The monoisotopic (exact) mass is 430 g/mol. The third-order valence-electron chi connectivity index (χ3n) is 5.86. The highest BCUT2D eigenvalue weighted by molar-refractivity contribution is 7.19. The van der Waals surface area contributed by atoms with Gasteiger partial charge in [-0.15, -0.1) is 11.3 Å². The van der Waals surface area contributed by atoms with E-state index in [0.717, 1.165) is 73.5 Å². The Morgan fingerprint density at radius 3 is 2.83 bits per heavy atom. The zero-order valence-electron chi connectivity index (χ0n) is 16.9. The highest BCUT2D eigenvalue weighted by atomic mass is 32.1. The largest absolute Gasteiger partial charge is 0.379 e. The van der Waals surface area contributed by atoms with Gasteiger partial charge in [-0.05, 0) is 37.8 Å². The van der Waals surface area contributed by atoms with E-state index in [2.05, 4.69) is 10.2 Å². The van der Waals surface area contributed by atoms with Crippen LogP contribution in [0.15, 0.2) is 18.2 Å². The number of fused-ring (bicyclic) bond motifs is 3. The number of aromatic nitrogens is 2. The number of rotatable bonds is 5. The highest BCUT2D eigenvalue weighted by Gasteiger charge is 2.24. The third kappa shape index (κ3) is 3.79. The summed E-state index contributed by atoms with van der Waals surface area (Å²) in [6.07, 6.45) is 3.25. The fourth-order valence-electron chi connectivity index (χ4n) is 4.31. The summed E-state index contributed by atoms with van der Waals surface area (Å²) in [4.78, 5) is 14.4. The lowest BCUT2D eigenvalue weighted by Gasteiger charge is -2.26. The molecule has 5 rings (SSSR count). The molecule has 0 spiro atoms. The molecule has 1 N–H and O–H groups in total. The molecule has 1 aliphatic heterocycles. The first-order valence-corrected chi connectivity index (χ1v) is 11.2. The van der Waals surface area contributed by atoms with Crippen molar-refractivity contribution < 1.29 is 13.5 Å². The van der Waals surface area contributed by atoms with Gasteiger partial charge in [0.05, 0.1) is 31.2 Å². The van der Waals surface area contributed by atoms with E-state index in [1.165, 1.54) is 22.6 Å². The Hall–Kier alpha value is -2.16. The molecule has 5 nitrogen and oxygen atoms in total. The minimum atomic E-state index is -0.573. The summed E-state index contributed by atoms with van der Waals surface area (Å²) in [6.45, 7) is 5.71. The number of ether oxygens (including phenoxy) is 1. The van der Waals surface area contributed by atoms with Crippen molar-refractivity contribution in [2.75, 3.05) is 31.6 Å². The van der Waals surface area contributed by atoms with Crippen molar-refractivity contribution in [1.82, 2.24) is 14.9 Å². The molecule has 0 bridgehead atoms. The molecule has 158 valence electrons. The van der Waals surface area contributed by atoms with Crippen LogP contribution in [0.1, 0.15) is 41.2 Å². The Labute approximate surface area is 178 Å². The summed E-state index contributed by atoms with van der Waals surface area (Å²) in [5, 5.41) is 4.47.